The molecule has 0 saturated heterocycles. The van der Waals surface area contributed by atoms with E-state index in [0.717, 1.165) is 10.7 Å². The Labute approximate surface area is 125 Å². The predicted molar refractivity (Wildman–Crippen MR) is 87.1 cm³/mol. The van der Waals surface area contributed by atoms with E-state index in [1.807, 2.05) is 0 Å². The van der Waals surface area contributed by atoms with E-state index in [4.69, 9.17) is 0 Å². The van der Waals surface area contributed by atoms with Gasteiger partial charge in [0.25, 0.3) is 0 Å². The molecule has 2 heteroatoms. The summed E-state index contributed by atoms with van der Waals surface area (Å²) in [5, 5.41) is 1.82. The second kappa shape index (κ2) is 6.91. The number of hydrogen-bond acceptors (Lipinski definition) is 0. The van der Waals surface area contributed by atoms with E-state index in [-0.39, 0.29) is 0 Å². The average Bonchev–Trinajstić information content (AvgIpc) is 2.46. The number of alkyl halides is 2. The van der Waals surface area contributed by atoms with E-state index in [1.54, 1.807) is 0 Å². The van der Waals surface area contributed by atoms with Crippen LogP contribution in [0.1, 0.15) is 22.3 Å². The van der Waals surface area contributed by atoms with Crippen LogP contribution in [0.3, 0.4) is 0 Å². The maximum atomic E-state index is 3.45. The SMILES string of the molecule is BrCc1ccc(/C=C\c2ccc(CBr)cc2)cc1. The highest BCUT2D eigenvalue weighted by molar-refractivity contribution is 9.08. The van der Waals surface area contributed by atoms with Gasteiger partial charge in [0, 0.05) is 10.7 Å². The fourth-order valence-corrected chi connectivity index (χ4v) is 2.38. The zero-order valence-electron chi connectivity index (χ0n) is 9.94. The average molecular weight is 366 g/mol. The van der Waals surface area contributed by atoms with Crippen LogP contribution in [-0.2, 0) is 10.7 Å². The molecule has 2 aromatic carbocycles. The Kier molecular flexibility index (Phi) is 5.21. The van der Waals surface area contributed by atoms with Crippen molar-refractivity contribution in [2.45, 2.75) is 10.7 Å². The van der Waals surface area contributed by atoms with Gasteiger partial charge < -0.3 is 0 Å². The van der Waals surface area contributed by atoms with Gasteiger partial charge in [-0.15, -0.1) is 0 Å². The zero-order valence-corrected chi connectivity index (χ0v) is 13.1. The summed E-state index contributed by atoms with van der Waals surface area (Å²) >= 11 is 6.90. The van der Waals surface area contributed by atoms with Crippen molar-refractivity contribution in [3.8, 4) is 0 Å². The van der Waals surface area contributed by atoms with Gasteiger partial charge in [0.1, 0.15) is 0 Å². The third-order valence-electron chi connectivity index (χ3n) is 2.74. The van der Waals surface area contributed by atoms with Gasteiger partial charge in [0.15, 0.2) is 0 Å². The third kappa shape index (κ3) is 3.82. The molecule has 92 valence electrons. The van der Waals surface area contributed by atoms with Crippen molar-refractivity contribution in [3.63, 3.8) is 0 Å². The van der Waals surface area contributed by atoms with Gasteiger partial charge in [-0.1, -0.05) is 92.5 Å². The Morgan fingerprint density at radius 1 is 0.611 bits per heavy atom. The second-order valence-corrected chi connectivity index (χ2v) is 5.21. The van der Waals surface area contributed by atoms with Gasteiger partial charge in [-0.2, -0.15) is 0 Å². The van der Waals surface area contributed by atoms with E-state index in [0.29, 0.717) is 0 Å². The highest BCUT2D eigenvalue weighted by Crippen LogP contribution is 2.13. The lowest BCUT2D eigenvalue weighted by Gasteiger charge is -1.98. The van der Waals surface area contributed by atoms with Crippen molar-refractivity contribution < 1.29 is 0 Å². The van der Waals surface area contributed by atoms with Gasteiger partial charge >= 0.3 is 0 Å². The van der Waals surface area contributed by atoms with Gasteiger partial charge in [-0.25, -0.2) is 0 Å². The van der Waals surface area contributed by atoms with E-state index in [2.05, 4.69) is 92.5 Å². The third-order valence-corrected chi connectivity index (χ3v) is 4.03. The molecule has 0 unspecified atom stereocenters. The smallest absolute Gasteiger partial charge is 0.0283 e. The van der Waals surface area contributed by atoms with Crippen LogP contribution >= 0.6 is 31.9 Å². The first-order chi connectivity index (χ1) is 8.81. The number of halogens is 2. The molecule has 0 aliphatic carbocycles. The summed E-state index contributed by atoms with van der Waals surface area (Å²) in [5.41, 5.74) is 5.05. The fourth-order valence-electron chi connectivity index (χ4n) is 1.63. The molecule has 0 bridgehead atoms. The van der Waals surface area contributed by atoms with Crippen molar-refractivity contribution in [2.24, 2.45) is 0 Å². The molecule has 0 saturated carbocycles. The maximum Gasteiger partial charge on any atom is 0.0283 e. The normalized spacial score (nSPS) is 11.0. The number of rotatable bonds is 4. The molecule has 0 atom stereocenters. The lowest BCUT2D eigenvalue weighted by atomic mass is 10.1. The van der Waals surface area contributed by atoms with Crippen LogP contribution in [-0.4, -0.2) is 0 Å². The van der Waals surface area contributed by atoms with Crippen LogP contribution < -0.4 is 0 Å². The molecular formula is C16H14Br2. The predicted octanol–water partition coefficient (Wildman–Crippen LogP) is 5.65. The molecule has 0 fully saturated rings. The second-order valence-electron chi connectivity index (χ2n) is 4.08. The first-order valence-corrected chi connectivity index (χ1v) is 8.04. The minimum absolute atomic E-state index is 0.908. The fraction of sp³-hybridized carbons (Fsp3) is 0.125. The van der Waals surface area contributed by atoms with E-state index < -0.39 is 0 Å². The van der Waals surface area contributed by atoms with Crippen molar-refractivity contribution in [1.29, 1.82) is 0 Å². The lowest BCUT2D eigenvalue weighted by molar-refractivity contribution is 1.43. The monoisotopic (exact) mass is 364 g/mol. The van der Waals surface area contributed by atoms with Crippen LogP contribution in [0.2, 0.25) is 0 Å². The highest BCUT2D eigenvalue weighted by Gasteiger charge is 1.92. The van der Waals surface area contributed by atoms with Crippen molar-refractivity contribution >= 4 is 44.0 Å². The first kappa shape index (κ1) is 13.6. The summed E-state index contributed by atoms with van der Waals surface area (Å²) in [7, 11) is 0. The topological polar surface area (TPSA) is 0 Å². The van der Waals surface area contributed by atoms with Crippen LogP contribution in [0.15, 0.2) is 48.5 Å². The summed E-state index contributed by atoms with van der Waals surface area (Å²) < 4.78 is 0. The number of hydrogen-bond donors (Lipinski definition) is 0. The molecule has 0 aliphatic heterocycles. The van der Waals surface area contributed by atoms with E-state index >= 15 is 0 Å². The van der Waals surface area contributed by atoms with Crippen molar-refractivity contribution in [2.75, 3.05) is 0 Å². The van der Waals surface area contributed by atoms with Crippen LogP contribution in [0.5, 0.6) is 0 Å². The van der Waals surface area contributed by atoms with Crippen LogP contribution in [0.25, 0.3) is 12.2 Å². The Balaban J connectivity index is 2.08. The minimum atomic E-state index is 0.908. The molecule has 0 N–H and O–H groups in total. The van der Waals surface area contributed by atoms with Crippen LogP contribution in [0, 0.1) is 0 Å². The lowest BCUT2D eigenvalue weighted by Crippen LogP contribution is -1.79. The Bertz CT molecular complexity index is 460. The standard InChI is InChI=1S/C16H14Br2/c17-11-15-7-3-13(4-8-15)1-2-14-5-9-16(12-18)10-6-14/h1-10H,11-12H2/b2-1-. The Hall–Kier alpha value is -0.860. The highest BCUT2D eigenvalue weighted by atomic mass is 79.9. The Morgan fingerprint density at radius 2 is 0.944 bits per heavy atom. The maximum absolute atomic E-state index is 3.45. The summed E-state index contributed by atoms with van der Waals surface area (Å²) in [5.74, 6) is 0. The largest absolute Gasteiger partial charge is 0.0876 e. The quantitative estimate of drug-likeness (QED) is 0.485. The van der Waals surface area contributed by atoms with Crippen molar-refractivity contribution in [1.82, 2.24) is 0 Å². The van der Waals surface area contributed by atoms with E-state index in [1.165, 1.54) is 22.3 Å². The molecular weight excluding hydrogens is 352 g/mol. The van der Waals surface area contributed by atoms with Gasteiger partial charge in [0.05, 0.1) is 0 Å². The molecule has 0 amide bonds. The molecule has 0 aliphatic rings. The van der Waals surface area contributed by atoms with Gasteiger partial charge in [-0.3, -0.25) is 0 Å². The Morgan fingerprint density at radius 3 is 1.22 bits per heavy atom. The summed E-state index contributed by atoms with van der Waals surface area (Å²) in [6, 6.07) is 17.1. The first-order valence-electron chi connectivity index (χ1n) is 5.80. The molecule has 2 rings (SSSR count). The summed E-state index contributed by atoms with van der Waals surface area (Å²) in [6.07, 6.45) is 4.28. The van der Waals surface area contributed by atoms with Crippen LogP contribution in [0.4, 0.5) is 0 Å². The molecule has 18 heavy (non-hydrogen) atoms. The molecule has 2 aromatic rings. The molecule has 0 nitrogen and oxygen atoms in total. The summed E-state index contributed by atoms with van der Waals surface area (Å²) in [4.78, 5) is 0. The summed E-state index contributed by atoms with van der Waals surface area (Å²) in [6.45, 7) is 0. The van der Waals surface area contributed by atoms with Gasteiger partial charge in [0.2, 0.25) is 0 Å². The molecule has 0 radical (unpaired) electrons. The van der Waals surface area contributed by atoms with Crippen molar-refractivity contribution in [3.05, 3.63) is 70.8 Å². The molecule has 0 aromatic heterocycles. The molecule has 0 heterocycles. The zero-order chi connectivity index (χ0) is 12.8. The number of benzene rings is 2. The minimum Gasteiger partial charge on any atom is -0.0876 e. The van der Waals surface area contributed by atoms with Gasteiger partial charge in [-0.05, 0) is 22.3 Å². The molecule has 0 spiro atoms. The van der Waals surface area contributed by atoms with E-state index in [9.17, 15) is 0 Å².